The first-order valence-corrected chi connectivity index (χ1v) is 7.04. The number of nitrogens with one attached hydrogen (secondary N) is 2. The fourth-order valence-corrected chi connectivity index (χ4v) is 1.92. The number of amides is 2. The highest BCUT2D eigenvalue weighted by Crippen LogP contribution is 2.28. The molecule has 24 heavy (non-hydrogen) atoms. The Hall–Kier alpha value is -3.29. The first-order valence-electron chi connectivity index (χ1n) is 7.04. The van der Waals surface area contributed by atoms with Crippen LogP contribution in [0.4, 0.5) is 11.4 Å². The first kappa shape index (κ1) is 17.1. The van der Waals surface area contributed by atoms with E-state index in [0.717, 1.165) is 0 Å². The number of carbonyl (C=O) groups excluding carboxylic acids is 2. The maximum Gasteiger partial charge on any atom is 0.303 e. The topological polar surface area (TPSA) is 118 Å². The zero-order valence-electron chi connectivity index (χ0n) is 12.9. The second kappa shape index (κ2) is 7.82. The van der Waals surface area contributed by atoms with Crippen LogP contribution >= 0.6 is 0 Å². The second-order valence-electron chi connectivity index (χ2n) is 4.79. The van der Waals surface area contributed by atoms with Crippen LogP contribution < -0.4 is 15.4 Å². The minimum Gasteiger partial charge on any atom is -0.495 e. The van der Waals surface area contributed by atoms with Gasteiger partial charge in [-0.05, 0) is 30.3 Å². The second-order valence-corrected chi connectivity index (χ2v) is 4.79. The van der Waals surface area contributed by atoms with E-state index in [0.29, 0.717) is 17.1 Å². The molecule has 1 heterocycles. The summed E-state index contributed by atoms with van der Waals surface area (Å²) in [5.41, 5.74) is 0.746. The molecule has 8 nitrogen and oxygen atoms in total. The molecule has 2 aromatic rings. The Kier molecular flexibility index (Phi) is 5.56. The summed E-state index contributed by atoms with van der Waals surface area (Å²) in [6, 6.07) is 7.77. The Morgan fingerprint density at radius 3 is 2.58 bits per heavy atom. The van der Waals surface area contributed by atoms with Gasteiger partial charge in [-0.15, -0.1) is 0 Å². The molecule has 0 unspecified atom stereocenters. The Morgan fingerprint density at radius 2 is 1.96 bits per heavy atom. The normalized spacial score (nSPS) is 10.0. The number of methoxy groups -OCH3 is 1. The van der Waals surface area contributed by atoms with Gasteiger partial charge >= 0.3 is 5.97 Å². The van der Waals surface area contributed by atoms with Crippen LogP contribution in [0.2, 0.25) is 0 Å². The molecule has 0 radical (unpaired) electrons. The van der Waals surface area contributed by atoms with E-state index in [9.17, 15) is 14.4 Å². The molecule has 0 spiro atoms. The van der Waals surface area contributed by atoms with Crippen molar-refractivity contribution < 1.29 is 28.6 Å². The van der Waals surface area contributed by atoms with Crippen molar-refractivity contribution in [2.45, 2.75) is 12.8 Å². The van der Waals surface area contributed by atoms with Crippen molar-refractivity contribution in [3.8, 4) is 5.75 Å². The van der Waals surface area contributed by atoms with Crippen LogP contribution in [-0.4, -0.2) is 30.0 Å². The van der Waals surface area contributed by atoms with E-state index in [1.807, 2.05) is 0 Å². The van der Waals surface area contributed by atoms with Crippen LogP contribution in [0.5, 0.6) is 5.75 Å². The molecule has 2 amide bonds. The summed E-state index contributed by atoms with van der Waals surface area (Å²) in [6.45, 7) is 0. The number of rotatable bonds is 7. The van der Waals surface area contributed by atoms with E-state index in [2.05, 4.69) is 10.6 Å². The fourth-order valence-electron chi connectivity index (χ4n) is 1.92. The third kappa shape index (κ3) is 4.60. The van der Waals surface area contributed by atoms with Gasteiger partial charge in [0, 0.05) is 12.1 Å². The minimum atomic E-state index is -1.05. The Labute approximate surface area is 137 Å². The molecule has 0 atom stereocenters. The van der Waals surface area contributed by atoms with Crippen molar-refractivity contribution in [3.05, 3.63) is 42.4 Å². The van der Waals surface area contributed by atoms with Gasteiger partial charge in [0.05, 0.1) is 25.5 Å². The largest absolute Gasteiger partial charge is 0.495 e. The van der Waals surface area contributed by atoms with Crippen molar-refractivity contribution in [2.24, 2.45) is 0 Å². The molecule has 0 saturated carbocycles. The number of ether oxygens (including phenoxy) is 1. The van der Waals surface area contributed by atoms with E-state index >= 15 is 0 Å². The lowest BCUT2D eigenvalue weighted by atomic mass is 10.2. The van der Waals surface area contributed by atoms with Crippen molar-refractivity contribution >= 4 is 29.2 Å². The molecule has 1 aromatic heterocycles. The van der Waals surface area contributed by atoms with E-state index in [1.165, 1.54) is 25.5 Å². The summed E-state index contributed by atoms with van der Waals surface area (Å²) in [5, 5.41) is 13.8. The van der Waals surface area contributed by atoms with Gasteiger partial charge in [-0.3, -0.25) is 14.4 Å². The number of aliphatic carboxylic acids is 1. The van der Waals surface area contributed by atoms with E-state index < -0.39 is 17.8 Å². The Morgan fingerprint density at radius 1 is 1.17 bits per heavy atom. The van der Waals surface area contributed by atoms with Gasteiger partial charge in [0.1, 0.15) is 5.75 Å². The molecule has 3 N–H and O–H groups in total. The third-order valence-corrected chi connectivity index (χ3v) is 3.04. The number of carbonyl (C=O) groups is 3. The minimum absolute atomic E-state index is 0.132. The molecular weight excluding hydrogens is 316 g/mol. The molecule has 126 valence electrons. The highest BCUT2D eigenvalue weighted by Gasteiger charge is 2.13. The average Bonchev–Trinajstić information content (AvgIpc) is 3.08. The molecule has 0 aliphatic heterocycles. The fraction of sp³-hybridized carbons (Fsp3) is 0.188. The summed E-state index contributed by atoms with van der Waals surface area (Å²) in [6.07, 6.45) is 0.977. The molecule has 0 fully saturated rings. The molecule has 1 aromatic carbocycles. The number of benzene rings is 1. The maximum absolute atomic E-state index is 12.0. The summed E-state index contributed by atoms with van der Waals surface area (Å²) >= 11 is 0. The number of carboxylic acid groups (broad SMARTS) is 1. The lowest BCUT2D eigenvalue weighted by Gasteiger charge is -2.12. The SMILES string of the molecule is COc1ccc(NC(=O)CCC(=O)O)cc1NC(=O)c1ccco1. The van der Waals surface area contributed by atoms with Gasteiger partial charge < -0.3 is 24.9 Å². The van der Waals surface area contributed by atoms with Crippen molar-refractivity contribution in [3.63, 3.8) is 0 Å². The maximum atomic E-state index is 12.0. The summed E-state index contributed by atoms with van der Waals surface area (Å²) in [5.74, 6) is -1.42. The molecular formula is C16H16N2O6. The zero-order valence-corrected chi connectivity index (χ0v) is 12.9. The highest BCUT2D eigenvalue weighted by molar-refractivity contribution is 6.03. The van der Waals surface area contributed by atoms with Gasteiger partial charge in [0.25, 0.3) is 5.91 Å². The predicted molar refractivity (Wildman–Crippen MR) is 85.2 cm³/mol. The van der Waals surface area contributed by atoms with Crippen LogP contribution in [0.25, 0.3) is 0 Å². The van der Waals surface area contributed by atoms with Crippen LogP contribution in [0.1, 0.15) is 23.4 Å². The monoisotopic (exact) mass is 332 g/mol. The summed E-state index contributed by atoms with van der Waals surface area (Å²) in [7, 11) is 1.45. The quantitative estimate of drug-likeness (QED) is 0.716. The van der Waals surface area contributed by atoms with Crippen molar-refractivity contribution in [1.82, 2.24) is 0 Å². The van der Waals surface area contributed by atoms with E-state index in [1.54, 1.807) is 18.2 Å². The summed E-state index contributed by atoms with van der Waals surface area (Å²) < 4.78 is 10.2. The number of hydrogen-bond donors (Lipinski definition) is 3. The van der Waals surface area contributed by atoms with Gasteiger partial charge in [0.15, 0.2) is 5.76 Å². The first-order chi connectivity index (χ1) is 11.5. The zero-order chi connectivity index (χ0) is 17.5. The Balaban J connectivity index is 2.10. The van der Waals surface area contributed by atoms with Crippen LogP contribution in [-0.2, 0) is 9.59 Å². The smallest absolute Gasteiger partial charge is 0.303 e. The van der Waals surface area contributed by atoms with E-state index in [4.69, 9.17) is 14.3 Å². The number of hydrogen-bond acceptors (Lipinski definition) is 5. The Bertz CT molecular complexity index is 739. The molecule has 2 rings (SSSR count). The van der Waals surface area contributed by atoms with Crippen LogP contribution in [0, 0.1) is 0 Å². The van der Waals surface area contributed by atoms with Crippen molar-refractivity contribution in [2.75, 3.05) is 17.7 Å². The lowest BCUT2D eigenvalue weighted by Crippen LogP contribution is -2.15. The standard InChI is InChI=1S/C16H16N2O6/c1-23-12-5-4-10(17-14(19)6-7-15(20)21)9-11(12)18-16(22)13-3-2-8-24-13/h2-5,8-9H,6-7H2,1H3,(H,17,19)(H,18,22)(H,20,21). The summed E-state index contributed by atoms with van der Waals surface area (Å²) in [4.78, 5) is 34.2. The van der Waals surface area contributed by atoms with Gasteiger partial charge in [-0.2, -0.15) is 0 Å². The average molecular weight is 332 g/mol. The van der Waals surface area contributed by atoms with Gasteiger partial charge in [-0.1, -0.05) is 0 Å². The molecule has 0 saturated heterocycles. The highest BCUT2D eigenvalue weighted by atomic mass is 16.5. The molecule has 8 heteroatoms. The molecule has 0 aliphatic rings. The lowest BCUT2D eigenvalue weighted by molar-refractivity contribution is -0.138. The van der Waals surface area contributed by atoms with Gasteiger partial charge in [-0.25, -0.2) is 0 Å². The molecule has 0 bridgehead atoms. The van der Waals surface area contributed by atoms with E-state index in [-0.39, 0.29) is 18.6 Å². The van der Waals surface area contributed by atoms with Crippen LogP contribution in [0.3, 0.4) is 0 Å². The molecule has 0 aliphatic carbocycles. The number of furan rings is 1. The number of anilines is 2. The third-order valence-electron chi connectivity index (χ3n) is 3.04. The van der Waals surface area contributed by atoms with Crippen molar-refractivity contribution in [1.29, 1.82) is 0 Å². The predicted octanol–water partition coefficient (Wildman–Crippen LogP) is 2.34. The number of carboxylic acids is 1. The van der Waals surface area contributed by atoms with Crippen LogP contribution in [0.15, 0.2) is 41.0 Å². The van der Waals surface area contributed by atoms with Gasteiger partial charge in [0.2, 0.25) is 5.91 Å².